The third-order valence-corrected chi connectivity index (χ3v) is 10.9. The number of fused-ring (bicyclic) bond motifs is 2. The van der Waals surface area contributed by atoms with E-state index < -0.39 is 0 Å². The van der Waals surface area contributed by atoms with Gasteiger partial charge >= 0.3 is 0 Å². The van der Waals surface area contributed by atoms with E-state index in [9.17, 15) is 0 Å². The Kier molecular flexibility index (Phi) is 9.92. The van der Waals surface area contributed by atoms with Crippen molar-refractivity contribution in [3.63, 3.8) is 0 Å². The molecule has 0 radical (unpaired) electrons. The Balaban J connectivity index is 0.912. The first kappa shape index (κ1) is 36.3. The van der Waals surface area contributed by atoms with E-state index >= 15 is 0 Å². The minimum absolute atomic E-state index is 0.970. The largest absolute Gasteiger partial charge is 0.310 e. The van der Waals surface area contributed by atoms with Crippen molar-refractivity contribution in [3.05, 3.63) is 242 Å². The van der Waals surface area contributed by atoms with Gasteiger partial charge < -0.3 is 9.80 Å². The first-order valence-electron chi connectivity index (χ1n) is 20.2. The van der Waals surface area contributed by atoms with Crippen LogP contribution in [0.5, 0.6) is 0 Å². The molecule has 0 spiro atoms. The van der Waals surface area contributed by atoms with Gasteiger partial charge in [-0.1, -0.05) is 146 Å². The summed E-state index contributed by atoms with van der Waals surface area (Å²) in [6.45, 7) is 0. The molecule has 2 aromatic heterocycles. The van der Waals surface area contributed by atoms with Crippen LogP contribution < -0.4 is 9.80 Å². The molecule has 10 aromatic rings. The van der Waals surface area contributed by atoms with Crippen molar-refractivity contribution in [2.45, 2.75) is 0 Å². The van der Waals surface area contributed by atoms with Crippen LogP contribution in [0.4, 0.5) is 34.1 Å². The maximum atomic E-state index is 4.92. The molecule has 0 amide bonds. The fourth-order valence-corrected chi connectivity index (χ4v) is 8.07. The normalized spacial score (nSPS) is 11.3. The number of aromatic nitrogens is 2. The Morgan fingerprint density at radius 1 is 0.300 bits per heavy atom. The van der Waals surface area contributed by atoms with Crippen LogP contribution in [0.1, 0.15) is 11.1 Å². The average molecular weight is 769 g/mol. The van der Waals surface area contributed by atoms with E-state index in [0.717, 1.165) is 89.3 Å². The van der Waals surface area contributed by atoms with Crippen molar-refractivity contribution >= 4 is 68.1 Å². The van der Waals surface area contributed by atoms with Gasteiger partial charge in [-0.3, -0.25) is 9.97 Å². The van der Waals surface area contributed by atoms with Crippen molar-refractivity contribution in [1.82, 2.24) is 9.97 Å². The van der Waals surface area contributed by atoms with Crippen LogP contribution in [0.25, 0.3) is 56.2 Å². The molecule has 0 saturated carbocycles. The summed E-state index contributed by atoms with van der Waals surface area (Å²) < 4.78 is 0. The zero-order valence-corrected chi connectivity index (χ0v) is 32.9. The highest BCUT2D eigenvalue weighted by Crippen LogP contribution is 2.43. The molecule has 4 nitrogen and oxygen atoms in total. The molecule has 0 aliphatic carbocycles. The van der Waals surface area contributed by atoms with Gasteiger partial charge in [-0.05, 0) is 107 Å². The lowest BCUT2D eigenvalue weighted by atomic mass is 9.98. The van der Waals surface area contributed by atoms with Crippen LogP contribution in [0.2, 0.25) is 0 Å². The smallest absolute Gasteiger partial charge is 0.0801 e. The first-order valence-corrected chi connectivity index (χ1v) is 20.2. The monoisotopic (exact) mass is 768 g/mol. The molecule has 0 fully saturated rings. The van der Waals surface area contributed by atoms with Gasteiger partial charge in [0.1, 0.15) is 0 Å². The number of rotatable bonds is 10. The molecule has 0 N–H and O–H groups in total. The number of anilines is 6. The van der Waals surface area contributed by atoms with E-state index in [-0.39, 0.29) is 0 Å². The second-order valence-corrected chi connectivity index (χ2v) is 14.7. The topological polar surface area (TPSA) is 32.3 Å². The summed E-state index contributed by atoms with van der Waals surface area (Å²) in [6, 6.07) is 76.7. The average Bonchev–Trinajstić information content (AvgIpc) is 3.33. The molecule has 284 valence electrons. The van der Waals surface area contributed by atoms with Gasteiger partial charge in [-0.15, -0.1) is 0 Å². The van der Waals surface area contributed by atoms with E-state index in [1.165, 1.54) is 0 Å². The lowest BCUT2D eigenvalue weighted by Gasteiger charge is -2.27. The number of nitrogens with zero attached hydrogens (tertiary/aromatic N) is 4. The van der Waals surface area contributed by atoms with Crippen molar-refractivity contribution in [2.24, 2.45) is 0 Å². The fourth-order valence-electron chi connectivity index (χ4n) is 8.07. The number of pyridine rings is 2. The van der Waals surface area contributed by atoms with Crippen LogP contribution in [0.3, 0.4) is 0 Å². The zero-order chi connectivity index (χ0) is 40.1. The summed E-state index contributed by atoms with van der Waals surface area (Å²) in [4.78, 5) is 14.4. The molecule has 4 heteroatoms. The molecule has 10 rings (SSSR count). The number of para-hydroxylation sites is 4. The van der Waals surface area contributed by atoms with Crippen LogP contribution in [-0.2, 0) is 0 Å². The van der Waals surface area contributed by atoms with Crippen LogP contribution in [0, 0.1) is 0 Å². The van der Waals surface area contributed by atoms with Gasteiger partial charge in [0.05, 0.1) is 22.4 Å². The van der Waals surface area contributed by atoms with E-state index in [1.54, 1.807) is 0 Å². The summed E-state index contributed by atoms with van der Waals surface area (Å²) >= 11 is 0. The van der Waals surface area contributed by atoms with Crippen molar-refractivity contribution in [1.29, 1.82) is 0 Å². The summed E-state index contributed by atoms with van der Waals surface area (Å²) in [5.74, 6) is 0. The fraction of sp³-hybridized carbons (Fsp3) is 0. The van der Waals surface area contributed by atoms with Gasteiger partial charge in [0.2, 0.25) is 0 Å². The van der Waals surface area contributed by atoms with E-state index in [0.29, 0.717) is 0 Å². The van der Waals surface area contributed by atoms with E-state index in [2.05, 4.69) is 228 Å². The molecule has 0 saturated heterocycles. The Morgan fingerprint density at radius 2 is 0.633 bits per heavy atom. The Morgan fingerprint density at radius 3 is 0.967 bits per heavy atom. The molecule has 0 aliphatic heterocycles. The van der Waals surface area contributed by atoms with Crippen LogP contribution in [0.15, 0.2) is 231 Å². The molecule has 8 aromatic carbocycles. The minimum atomic E-state index is 0.970. The standard InChI is InChI=1S/C56H40N4/c1-5-15-45(16-6-1)59(46-17-7-2-8-18-46)53-37-35-49(55-51(53)23-13-39-57-55)43-31-27-41(28-32-43)25-26-42-29-33-44(34-30-42)50-36-38-54(52-24-14-40-58-56(50)52)60(47-19-9-3-10-20-47)48-21-11-4-12-22-48/h1-40H. The zero-order valence-electron chi connectivity index (χ0n) is 32.9. The molecule has 0 aliphatic rings. The van der Waals surface area contributed by atoms with Gasteiger partial charge in [0.15, 0.2) is 0 Å². The quantitative estimate of drug-likeness (QED) is 0.130. The Bertz CT molecular complexity index is 2770. The van der Waals surface area contributed by atoms with Crippen molar-refractivity contribution < 1.29 is 0 Å². The molecule has 60 heavy (non-hydrogen) atoms. The maximum Gasteiger partial charge on any atom is 0.0801 e. The summed E-state index contributed by atoms with van der Waals surface area (Å²) in [6.07, 6.45) is 8.10. The van der Waals surface area contributed by atoms with Crippen molar-refractivity contribution in [2.75, 3.05) is 9.80 Å². The van der Waals surface area contributed by atoms with E-state index in [1.807, 2.05) is 24.5 Å². The highest BCUT2D eigenvalue weighted by atomic mass is 15.1. The predicted molar refractivity (Wildman–Crippen MR) is 253 cm³/mol. The van der Waals surface area contributed by atoms with Gasteiger partial charge in [-0.2, -0.15) is 0 Å². The highest BCUT2D eigenvalue weighted by molar-refractivity contribution is 6.05. The second-order valence-electron chi connectivity index (χ2n) is 14.7. The lowest BCUT2D eigenvalue weighted by Crippen LogP contribution is -2.10. The Labute approximate surface area is 350 Å². The molecule has 0 atom stereocenters. The van der Waals surface area contributed by atoms with Crippen LogP contribution >= 0.6 is 0 Å². The second kappa shape index (κ2) is 16.4. The van der Waals surface area contributed by atoms with Crippen molar-refractivity contribution in [3.8, 4) is 22.3 Å². The Hall–Kier alpha value is -8.08. The lowest BCUT2D eigenvalue weighted by molar-refractivity contribution is 1.29. The third kappa shape index (κ3) is 7.19. The number of hydrogen-bond donors (Lipinski definition) is 0. The SMILES string of the molecule is C(=Cc1ccc(-c2ccc(N(c3ccccc3)c3ccccc3)c3cccnc23)cc1)c1ccc(-c2ccc(N(c3ccccc3)c3ccccc3)c3cccnc23)cc1. The number of benzene rings is 8. The highest BCUT2D eigenvalue weighted by Gasteiger charge is 2.19. The maximum absolute atomic E-state index is 4.92. The van der Waals surface area contributed by atoms with Crippen LogP contribution in [-0.4, -0.2) is 9.97 Å². The molecule has 0 bridgehead atoms. The first-order chi connectivity index (χ1) is 29.8. The van der Waals surface area contributed by atoms with Gasteiger partial charge in [0.25, 0.3) is 0 Å². The minimum Gasteiger partial charge on any atom is -0.310 e. The van der Waals surface area contributed by atoms with E-state index in [4.69, 9.17) is 9.97 Å². The summed E-state index contributed by atoms with van der Waals surface area (Å²) in [5, 5.41) is 2.19. The number of hydrogen-bond acceptors (Lipinski definition) is 4. The molecular formula is C56H40N4. The molecular weight excluding hydrogens is 729 g/mol. The van der Waals surface area contributed by atoms with Gasteiger partial charge in [-0.25, -0.2) is 0 Å². The summed E-state index contributed by atoms with van der Waals surface area (Å²) in [7, 11) is 0. The molecule has 2 heterocycles. The molecule has 0 unspecified atom stereocenters. The third-order valence-electron chi connectivity index (χ3n) is 10.9. The predicted octanol–water partition coefficient (Wildman–Crippen LogP) is 15.2. The summed E-state index contributed by atoms with van der Waals surface area (Å²) in [5.41, 5.74) is 15.2. The van der Waals surface area contributed by atoms with Gasteiger partial charge in [0, 0.05) is 57.0 Å².